The highest BCUT2D eigenvalue weighted by Gasteiger charge is 2.34. The van der Waals surface area contributed by atoms with Crippen LogP contribution in [-0.2, 0) is 14.9 Å². The minimum absolute atomic E-state index is 0.0129. The first-order chi connectivity index (χ1) is 13.2. The quantitative estimate of drug-likeness (QED) is 0.387. The molecule has 0 unspecified atom stereocenters. The lowest BCUT2D eigenvalue weighted by Gasteiger charge is -2.36. The maximum Gasteiger partial charge on any atom is 0.188 e. The molecule has 6 nitrogen and oxygen atoms in total. The number of nitrogens with one attached hydrogen (secondary N) is 1. The van der Waals surface area contributed by atoms with Crippen molar-refractivity contribution in [1.29, 1.82) is 0 Å². The monoisotopic (exact) mass is 438 g/mol. The first-order valence-electron chi connectivity index (χ1n) is 9.86. The summed E-state index contributed by atoms with van der Waals surface area (Å²) in [6, 6.07) is 8.58. The largest absolute Gasteiger partial charge is 0.381 e. The Labute approximate surface area is 170 Å². The molecule has 0 aliphatic carbocycles. The van der Waals surface area contributed by atoms with Gasteiger partial charge in [-0.3, -0.25) is 9.89 Å². The van der Waals surface area contributed by atoms with Gasteiger partial charge in [-0.15, -0.1) is 0 Å². The van der Waals surface area contributed by atoms with Gasteiger partial charge in [0.2, 0.25) is 0 Å². The van der Waals surface area contributed by atoms with E-state index in [0.29, 0.717) is 12.5 Å². The lowest BCUT2D eigenvalue weighted by atomic mass is 9.74. The second-order valence-corrected chi connectivity index (χ2v) is 8.25. The van der Waals surface area contributed by atoms with Crippen LogP contribution in [0.3, 0.4) is 0 Å². The predicted octanol–water partition coefficient (Wildman–Crippen LogP) is 2.12. The zero-order valence-electron chi connectivity index (χ0n) is 16.0. The molecule has 27 heavy (non-hydrogen) atoms. The molecule has 2 aliphatic heterocycles. The molecule has 2 aliphatic rings. The summed E-state index contributed by atoms with van der Waals surface area (Å²) < 4.78 is 12.1. The average molecular weight is 439 g/mol. The standard InChI is InChI=1S/C20H31BrN4O2/c21-18-4-2-17(3-5-18)20(6-12-26-13-7-20)16-24-19(22)23-8-1-9-25-10-14-27-15-11-25/h2-5H,1,6-16H2,(H3,22,23,24). The van der Waals surface area contributed by atoms with Crippen LogP contribution in [0.25, 0.3) is 0 Å². The van der Waals surface area contributed by atoms with Crippen LogP contribution in [0, 0.1) is 0 Å². The Morgan fingerprint density at radius 1 is 1.11 bits per heavy atom. The molecule has 0 aromatic heterocycles. The number of nitrogens with two attached hydrogens (primary N) is 1. The van der Waals surface area contributed by atoms with Crippen LogP contribution in [0.2, 0.25) is 0 Å². The zero-order valence-corrected chi connectivity index (χ0v) is 17.5. The Kier molecular flexibility index (Phi) is 7.93. The van der Waals surface area contributed by atoms with Gasteiger partial charge in [-0.1, -0.05) is 28.1 Å². The van der Waals surface area contributed by atoms with Crippen molar-refractivity contribution < 1.29 is 9.47 Å². The number of ether oxygens (including phenoxy) is 2. The molecule has 150 valence electrons. The van der Waals surface area contributed by atoms with Crippen LogP contribution in [0.15, 0.2) is 33.7 Å². The van der Waals surface area contributed by atoms with Crippen LogP contribution in [-0.4, -0.2) is 70.0 Å². The van der Waals surface area contributed by atoms with Gasteiger partial charge in [-0.05, 0) is 43.5 Å². The Morgan fingerprint density at radius 2 is 1.78 bits per heavy atom. The molecule has 1 aromatic rings. The summed E-state index contributed by atoms with van der Waals surface area (Å²) in [7, 11) is 0. The molecule has 0 atom stereocenters. The molecule has 3 rings (SSSR count). The number of hydrogen-bond acceptors (Lipinski definition) is 4. The van der Waals surface area contributed by atoms with E-state index in [-0.39, 0.29) is 5.41 Å². The van der Waals surface area contributed by atoms with E-state index in [1.807, 2.05) is 0 Å². The van der Waals surface area contributed by atoms with E-state index in [1.54, 1.807) is 0 Å². The lowest BCUT2D eigenvalue weighted by molar-refractivity contribution is 0.0376. The number of halogens is 1. The molecule has 0 saturated carbocycles. The summed E-state index contributed by atoms with van der Waals surface area (Å²) in [5.74, 6) is 0.542. The second kappa shape index (κ2) is 10.4. The number of aliphatic imine (C=N–C) groups is 1. The minimum atomic E-state index is 0.0129. The number of nitrogens with zero attached hydrogens (tertiary/aromatic N) is 2. The highest BCUT2D eigenvalue weighted by atomic mass is 79.9. The maximum absolute atomic E-state index is 6.14. The van der Waals surface area contributed by atoms with Crippen molar-refractivity contribution in [1.82, 2.24) is 10.2 Å². The third kappa shape index (κ3) is 6.17. The number of benzene rings is 1. The molecular formula is C20H31BrN4O2. The molecule has 1 aromatic carbocycles. The molecule has 0 radical (unpaired) electrons. The number of guanidine groups is 1. The van der Waals surface area contributed by atoms with Gasteiger partial charge < -0.3 is 20.5 Å². The van der Waals surface area contributed by atoms with Gasteiger partial charge in [0.1, 0.15) is 0 Å². The highest BCUT2D eigenvalue weighted by Crippen LogP contribution is 2.35. The molecule has 2 saturated heterocycles. The zero-order chi connectivity index (χ0) is 19.0. The third-order valence-corrected chi connectivity index (χ3v) is 6.05. The Bertz CT molecular complexity index is 597. The number of hydrogen-bond donors (Lipinski definition) is 2. The summed E-state index contributed by atoms with van der Waals surface area (Å²) in [5.41, 5.74) is 7.47. The van der Waals surface area contributed by atoms with Crippen molar-refractivity contribution in [2.24, 2.45) is 10.7 Å². The van der Waals surface area contributed by atoms with E-state index < -0.39 is 0 Å². The molecule has 2 heterocycles. The van der Waals surface area contributed by atoms with Crippen molar-refractivity contribution >= 4 is 21.9 Å². The van der Waals surface area contributed by atoms with E-state index in [9.17, 15) is 0 Å². The van der Waals surface area contributed by atoms with Crippen LogP contribution in [0.1, 0.15) is 24.8 Å². The van der Waals surface area contributed by atoms with Crippen LogP contribution in [0.5, 0.6) is 0 Å². The number of morpholine rings is 1. The summed E-state index contributed by atoms with van der Waals surface area (Å²) in [6.07, 6.45) is 3.01. The lowest BCUT2D eigenvalue weighted by Crippen LogP contribution is -2.40. The molecule has 7 heteroatoms. The van der Waals surface area contributed by atoms with E-state index >= 15 is 0 Å². The third-order valence-electron chi connectivity index (χ3n) is 5.52. The summed E-state index contributed by atoms with van der Waals surface area (Å²) >= 11 is 3.52. The number of rotatable bonds is 7. The van der Waals surface area contributed by atoms with Crippen molar-refractivity contribution in [3.05, 3.63) is 34.3 Å². The van der Waals surface area contributed by atoms with Gasteiger partial charge in [0.15, 0.2) is 5.96 Å². The van der Waals surface area contributed by atoms with Crippen molar-refractivity contribution in [3.63, 3.8) is 0 Å². The molecule has 0 spiro atoms. The Morgan fingerprint density at radius 3 is 2.48 bits per heavy atom. The molecule has 3 N–H and O–H groups in total. The fraction of sp³-hybridized carbons (Fsp3) is 0.650. The van der Waals surface area contributed by atoms with Crippen molar-refractivity contribution in [2.45, 2.75) is 24.7 Å². The first-order valence-corrected chi connectivity index (χ1v) is 10.6. The van der Waals surface area contributed by atoms with Crippen LogP contribution < -0.4 is 11.1 Å². The van der Waals surface area contributed by atoms with Crippen LogP contribution in [0.4, 0.5) is 0 Å². The predicted molar refractivity (Wildman–Crippen MR) is 112 cm³/mol. The van der Waals surface area contributed by atoms with Gasteiger partial charge in [0.05, 0.1) is 19.8 Å². The van der Waals surface area contributed by atoms with E-state index in [4.69, 9.17) is 15.2 Å². The van der Waals surface area contributed by atoms with Gasteiger partial charge in [0, 0.05) is 42.7 Å². The molecule has 2 fully saturated rings. The average Bonchev–Trinajstić information content (AvgIpc) is 2.72. The van der Waals surface area contributed by atoms with Crippen LogP contribution >= 0.6 is 15.9 Å². The van der Waals surface area contributed by atoms with Gasteiger partial charge >= 0.3 is 0 Å². The van der Waals surface area contributed by atoms with E-state index in [0.717, 1.165) is 76.3 Å². The topological polar surface area (TPSA) is 72.1 Å². The molecular weight excluding hydrogens is 408 g/mol. The Balaban J connectivity index is 1.50. The van der Waals surface area contributed by atoms with E-state index in [1.165, 1.54) is 5.56 Å². The van der Waals surface area contributed by atoms with Gasteiger partial charge in [-0.2, -0.15) is 0 Å². The smallest absolute Gasteiger partial charge is 0.188 e. The van der Waals surface area contributed by atoms with Gasteiger partial charge in [-0.25, -0.2) is 0 Å². The fourth-order valence-electron chi connectivity index (χ4n) is 3.74. The fourth-order valence-corrected chi connectivity index (χ4v) is 4.00. The second-order valence-electron chi connectivity index (χ2n) is 7.34. The molecule has 0 bridgehead atoms. The summed E-state index contributed by atoms with van der Waals surface area (Å²) in [5, 5.41) is 3.27. The first kappa shape index (κ1) is 20.6. The van der Waals surface area contributed by atoms with Crippen molar-refractivity contribution in [3.8, 4) is 0 Å². The Hall–Kier alpha value is -1.15. The SMILES string of the molecule is NC(=NCC1(c2ccc(Br)cc2)CCOCC1)NCCCN1CCOCC1. The van der Waals surface area contributed by atoms with Gasteiger partial charge in [0.25, 0.3) is 0 Å². The van der Waals surface area contributed by atoms with E-state index in [2.05, 4.69) is 55.4 Å². The highest BCUT2D eigenvalue weighted by molar-refractivity contribution is 9.10. The summed E-state index contributed by atoms with van der Waals surface area (Å²) in [6.45, 7) is 7.92. The maximum atomic E-state index is 6.14. The minimum Gasteiger partial charge on any atom is -0.381 e. The summed E-state index contributed by atoms with van der Waals surface area (Å²) in [4.78, 5) is 7.12. The normalized spacial score (nSPS) is 21.1. The molecule has 0 amide bonds. The van der Waals surface area contributed by atoms with Crippen molar-refractivity contribution in [2.75, 3.05) is 59.2 Å².